The average Bonchev–Trinajstić information content (AvgIpc) is 2.16. The Kier molecular flexibility index (Phi) is 1.81. The van der Waals surface area contributed by atoms with E-state index in [1.54, 1.807) is 13.2 Å². The van der Waals surface area contributed by atoms with Gasteiger partial charge in [0, 0.05) is 6.07 Å². The van der Waals surface area contributed by atoms with E-state index >= 15 is 0 Å². The highest BCUT2D eigenvalue weighted by atomic mass is 16.5. The SMILES string of the molecule is COc1ccc2c(c1)NC(=O)CN2. The van der Waals surface area contributed by atoms with Gasteiger partial charge in [-0.3, -0.25) is 4.79 Å². The van der Waals surface area contributed by atoms with Gasteiger partial charge in [0.2, 0.25) is 5.91 Å². The predicted octanol–water partition coefficient (Wildman–Crippen LogP) is 1.06. The van der Waals surface area contributed by atoms with Gasteiger partial charge < -0.3 is 15.4 Å². The van der Waals surface area contributed by atoms with E-state index in [9.17, 15) is 4.79 Å². The maximum absolute atomic E-state index is 11.0. The molecule has 2 rings (SSSR count). The molecule has 1 heterocycles. The Labute approximate surface area is 75.9 Å². The molecule has 0 aromatic heterocycles. The number of amides is 1. The first kappa shape index (κ1) is 7.91. The number of ether oxygens (including phenoxy) is 1. The van der Waals surface area contributed by atoms with Gasteiger partial charge in [-0.2, -0.15) is 0 Å². The van der Waals surface area contributed by atoms with Gasteiger partial charge in [-0.1, -0.05) is 0 Å². The number of benzene rings is 1. The fraction of sp³-hybridized carbons (Fsp3) is 0.222. The van der Waals surface area contributed by atoms with Crippen molar-refractivity contribution in [3.05, 3.63) is 18.2 Å². The van der Waals surface area contributed by atoms with Crippen LogP contribution in [0.15, 0.2) is 18.2 Å². The molecule has 0 aliphatic carbocycles. The van der Waals surface area contributed by atoms with Crippen LogP contribution in [0, 0.1) is 0 Å². The summed E-state index contributed by atoms with van der Waals surface area (Å²) in [6, 6.07) is 5.52. The summed E-state index contributed by atoms with van der Waals surface area (Å²) in [5.74, 6) is 0.712. The topological polar surface area (TPSA) is 50.4 Å². The van der Waals surface area contributed by atoms with E-state index in [-0.39, 0.29) is 5.91 Å². The van der Waals surface area contributed by atoms with Crippen LogP contribution in [-0.4, -0.2) is 19.6 Å². The molecule has 1 aliphatic rings. The van der Waals surface area contributed by atoms with Crippen molar-refractivity contribution in [1.29, 1.82) is 0 Å². The minimum Gasteiger partial charge on any atom is -0.497 e. The van der Waals surface area contributed by atoms with Crippen molar-refractivity contribution in [2.75, 3.05) is 24.3 Å². The molecule has 0 atom stereocenters. The zero-order valence-electron chi connectivity index (χ0n) is 7.26. The fourth-order valence-corrected chi connectivity index (χ4v) is 1.28. The third kappa shape index (κ3) is 1.42. The van der Waals surface area contributed by atoms with Crippen LogP contribution < -0.4 is 15.4 Å². The van der Waals surface area contributed by atoms with Crippen molar-refractivity contribution >= 4 is 17.3 Å². The van der Waals surface area contributed by atoms with E-state index < -0.39 is 0 Å². The van der Waals surface area contributed by atoms with Gasteiger partial charge in [0.1, 0.15) is 5.75 Å². The molecule has 1 amide bonds. The maximum atomic E-state index is 11.0. The Morgan fingerprint density at radius 2 is 2.23 bits per heavy atom. The number of rotatable bonds is 1. The van der Waals surface area contributed by atoms with Gasteiger partial charge in [0.05, 0.1) is 25.0 Å². The number of hydrogen-bond donors (Lipinski definition) is 2. The highest BCUT2D eigenvalue weighted by Crippen LogP contribution is 2.28. The van der Waals surface area contributed by atoms with Crippen molar-refractivity contribution in [3.8, 4) is 5.75 Å². The molecule has 0 saturated carbocycles. The first-order chi connectivity index (χ1) is 6.29. The fourth-order valence-electron chi connectivity index (χ4n) is 1.28. The summed E-state index contributed by atoms with van der Waals surface area (Å²) in [5.41, 5.74) is 1.70. The van der Waals surface area contributed by atoms with Crippen LogP contribution in [0.3, 0.4) is 0 Å². The number of carbonyl (C=O) groups is 1. The second kappa shape index (κ2) is 2.97. The zero-order valence-corrected chi connectivity index (χ0v) is 7.26. The van der Waals surface area contributed by atoms with Gasteiger partial charge in [-0.05, 0) is 12.1 Å². The zero-order chi connectivity index (χ0) is 9.26. The molecule has 0 unspecified atom stereocenters. The van der Waals surface area contributed by atoms with Crippen LogP contribution in [0.4, 0.5) is 11.4 Å². The molecular formula is C9H10N2O2. The summed E-state index contributed by atoms with van der Waals surface area (Å²) < 4.78 is 5.04. The molecule has 13 heavy (non-hydrogen) atoms. The van der Waals surface area contributed by atoms with Gasteiger partial charge in [-0.15, -0.1) is 0 Å². The van der Waals surface area contributed by atoms with E-state index in [4.69, 9.17) is 4.74 Å². The molecule has 4 heteroatoms. The summed E-state index contributed by atoms with van der Waals surface area (Å²) in [6.45, 7) is 0.333. The Balaban J connectivity index is 2.38. The molecule has 0 bridgehead atoms. The number of fused-ring (bicyclic) bond motifs is 1. The molecule has 2 N–H and O–H groups in total. The van der Waals surface area contributed by atoms with Crippen molar-refractivity contribution in [1.82, 2.24) is 0 Å². The normalized spacial score (nSPS) is 14.1. The number of nitrogens with one attached hydrogen (secondary N) is 2. The largest absolute Gasteiger partial charge is 0.497 e. The molecule has 0 radical (unpaired) electrons. The molecule has 1 aliphatic heterocycles. The van der Waals surface area contributed by atoms with Crippen LogP contribution in [0.5, 0.6) is 5.75 Å². The quantitative estimate of drug-likeness (QED) is 0.676. The first-order valence-corrected chi connectivity index (χ1v) is 4.01. The van der Waals surface area contributed by atoms with Crippen LogP contribution in [0.1, 0.15) is 0 Å². The number of methoxy groups -OCH3 is 1. The highest BCUT2D eigenvalue weighted by Gasteiger charge is 2.13. The Morgan fingerprint density at radius 3 is 3.00 bits per heavy atom. The maximum Gasteiger partial charge on any atom is 0.243 e. The van der Waals surface area contributed by atoms with Gasteiger partial charge in [0.25, 0.3) is 0 Å². The minimum atomic E-state index is -0.0271. The van der Waals surface area contributed by atoms with Gasteiger partial charge in [0.15, 0.2) is 0 Å². The lowest BCUT2D eigenvalue weighted by Gasteiger charge is -2.18. The predicted molar refractivity (Wildman–Crippen MR) is 50.1 cm³/mol. The Morgan fingerprint density at radius 1 is 1.38 bits per heavy atom. The molecule has 68 valence electrons. The monoisotopic (exact) mass is 178 g/mol. The van der Waals surface area contributed by atoms with Crippen LogP contribution in [-0.2, 0) is 4.79 Å². The average molecular weight is 178 g/mol. The Bertz CT molecular complexity index is 349. The summed E-state index contributed by atoms with van der Waals surface area (Å²) >= 11 is 0. The highest BCUT2D eigenvalue weighted by molar-refractivity contribution is 6.00. The third-order valence-corrected chi connectivity index (χ3v) is 1.94. The summed E-state index contributed by atoms with van der Waals surface area (Å²) in [5, 5.41) is 5.75. The van der Waals surface area contributed by atoms with E-state index in [0.717, 1.165) is 17.1 Å². The van der Waals surface area contributed by atoms with Crippen molar-refractivity contribution in [3.63, 3.8) is 0 Å². The van der Waals surface area contributed by atoms with E-state index in [1.807, 2.05) is 12.1 Å². The molecule has 0 fully saturated rings. The summed E-state index contributed by atoms with van der Waals surface area (Å²) in [7, 11) is 1.60. The number of hydrogen-bond acceptors (Lipinski definition) is 3. The number of anilines is 2. The molecular weight excluding hydrogens is 168 g/mol. The smallest absolute Gasteiger partial charge is 0.243 e. The van der Waals surface area contributed by atoms with Crippen LogP contribution in [0.25, 0.3) is 0 Å². The van der Waals surface area contributed by atoms with Crippen LogP contribution >= 0.6 is 0 Å². The van der Waals surface area contributed by atoms with E-state index in [2.05, 4.69) is 10.6 Å². The second-order valence-electron chi connectivity index (χ2n) is 2.81. The second-order valence-corrected chi connectivity index (χ2v) is 2.81. The minimum absolute atomic E-state index is 0.0271. The van der Waals surface area contributed by atoms with Gasteiger partial charge in [-0.25, -0.2) is 0 Å². The van der Waals surface area contributed by atoms with Crippen molar-refractivity contribution in [2.24, 2.45) is 0 Å². The van der Waals surface area contributed by atoms with Crippen LogP contribution in [0.2, 0.25) is 0 Å². The lowest BCUT2D eigenvalue weighted by molar-refractivity contribution is -0.114. The lowest BCUT2D eigenvalue weighted by Crippen LogP contribution is -2.27. The molecule has 0 spiro atoms. The lowest BCUT2D eigenvalue weighted by atomic mass is 10.2. The summed E-state index contributed by atoms with van der Waals surface area (Å²) in [6.07, 6.45) is 0. The number of carbonyl (C=O) groups excluding carboxylic acids is 1. The molecule has 0 saturated heterocycles. The Hall–Kier alpha value is -1.71. The van der Waals surface area contributed by atoms with Crippen molar-refractivity contribution in [2.45, 2.75) is 0 Å². The van der Waals surface area contributed by atoms with Gasteiger partial charge >= 0.3 is 0 Å². The molecule has 4 nitrogen and oxygen atoms in total. The molecule has 1 aromatic carbocycles. The van der Waals surface area contributed by atoms with E-state index in [1.165, 1.54) is 0 Å². The standard InChI is InChI=1S/C9H10N2O2/c1-13-6-2-3-7-8(4-6)11-9(12)5-10-7/h2-4,10H,5H2,1H3,(H,11,12). The molecule has 1 aromatic rings. The summed E-state index contributed by atoms with van der Waals surface area (Å²) in [4.78, 5) is 11.0. The first-order valence-electron chi connectivity index (χ1n) is 4.01. The van der Waals surface area contributed by atoms with E-state index in [0.29, 0.717) is 6.54 Å². The van der Waals surface area contributed by atoms with Crippen molar-refractivity contribution < 1.29 is 9.53 Å². The third-order valence-electron chi connectivity index (χ3n) is 1.94.